The summed E-state index contributed by atoms with van der Waals surface area (Å²) >= 11 is 6.04. The minimum atomic E-state index is -0.0863. The minimum absolute atomic E-state index is 0.0863. The lowest BCUT2D eigenvalue weighted by atomic mass is 10.2. The van der Waals surface area contributed by atoms with Crippen LogP contribution in [0, 0.1) is 0 Å². The number of hydrogen-bond acceptors (Lipinski definition) is 3. The molecule has 3 aromatic rings. The van der Waals surface area contributed by atoms with Gasteiger partial charge in [-0.3, -0.25) is 0 Å². The molecule has 0 aliphatic rings. The van der Waals surface area contributed by atoms with Crippen molar-refractivity contribution < 1.29 is 0 Å². The van der Waals surface area contributed by atoms with E-state index in [1.165, 1.54) is 0 Å². The van der Waals surface area contributed by atoms with E-state index in [2.05, 4.69) is 15.0 Å². The fraction of sp³-hybridized carbons (Fsp3) is 0. The molecule has 0 atom stereocenters. The number of nitrogens with two attached hydrogens (primary N) is 2. The summed E-state index contributed by atoms with van der Waals surface area (Å²) < 4.78 is 1.85. The number of aromatic nitrogens is 3. The van der Waals surface area contributed by atoms with Crippen LogP contribution < -0.4 is 11.5 Å². The summed E-state index contributed by atoms with van der Waals surface area (Å²) in [5, 5.41) is 1.44. The molecule has 3 rings (SSSR count). The fourth-order valence-electron chi connectivity index (χ4n) is 1.91. The maximum absolute atomic E-state index is 6.04. The van der Waals surface area contributed by atoms with E-state index < -0.39 is 0 Å². The van der Waals surface area contributed by atoms with Crippen molar-refractivity contribution in [3.63, 3.8) is 0 Å². The van der Waals surface area contributed by atoms with Crippen molar-refractivity contribution in [1.29, 1.82) is 0 Å². The van der Waals surface area contributed by atoms with Gasteiger partial charge in [-0.05, 0) is 30.3 Å². The number of fused-ring (bicyclic) bond motifs is 1. The Morgan fingerprint density at radius 2 is 1.90 bits per heavy atom. The Morgan fingerprint density at radius 1 is 1.15 bits per heavy atom. The van der Waals surface area contributed by atoms with Gasteiger partial charge in [0.05, 0.1) is 5.52 Å². The van der Waals surface area contributed by atoms with Gasteiger partial charge in [0.25, 0.3) is 5.95 Å². The molecule has 100 valence electrons. The van der Waals surface area contributed by atoms with E-state index in [1.807, 2.05) is 35.2 Å². The molecule has 0 spiro atoms. The van der Waals surface area contributed by atoms with Gasteiger partial charge in [0.2, 0.25) is 0 Å². The van der Waals surface area contributed by atoms with Crippen LogP contribution in [-0.2, 0) is 0 Å². The third kappa shape index (κ3) is 2.28. The van der Waals surface area contributed by atoms with Crippen LogP contribution in [0.2, 0.25) is 5.02 Å². The maximum Gasteiger partial charge on any atom is 0.255 e. The van der Waals surface area contributed by atoms with Gasteiger partial charge in [-0.2, -0.15) is 9.98 Å². The van der Waals surface area contributed by atoms with Crippen molar-refractivity contribution in [2.24, 2.45) is 16.5 Å². The standard InChI is InChI=1S/C13H11ClN6/c14-8-3-4-10-9(7-8)11(20-5-1-2-6-20)18-13(17-10)19-12(15)16/h1-7H,(H4,15,16,17,18,19). The molecule has 0 saturated carbocycles. The zero-order valence-corrected chi connectivity index (χ0v) is 11.1. The SMILES string of the molecule is NC(N)=Nc1nc(-n2cccc2)c2cc(Cl)ccc2n1. The second kappa shape index (κ2) is 4.82. The van der Waals surface area contributed by atoms with Crippen LogP contribution in [0.3, 0.4) is 0 Å². The number of nitrogens with zero attached hydrogens (tertiary/aromatic N) is 4. The first-order valence-electron chi connectivity index (χ1n) is 5.84. The maximum atomic E-state index is 6.04. The van der Waals surface area contributed by atoms with Crippen LogP contribution in [-0.4, -0.2) is 20.5 Å². The molecule has 20 heavy (non-hydrogen) atoms. The van der Waals surface area contributed by atoms with E-state index >= 15 is 0 Å². The Hall–Kier alpha value is -2.60. The summed E-state index contributed by atoms with van der Waals surface area (Å²) in [6, 6.07) is 9.18. The molecular weight excluding hydrogens is 276 g/mol. The third-order valence-electron chi connectivity index (χ3n) is 2.70. The molecule has 0 unspecified atom stereocenters. The zero-order valence-electron chi connectivity index (χ0n) is 10.4. The van der Waals surface area contributed by atoms with Crippen molar-refractivity contribution in [3.05, 3.63) is 47.7 Å². The number of hydrogen-bond donors (Lipinski definition) is 2. The highest BCUT2D eigenvalue weighted by atomic mass is 35.5. The van der Waals surface area contributed by atoms with Gasteiger partial charge in [0.15, 0.2) is 5.96 Å². The average Bonchev–Trinajstić information content (AvgIpc) is 2.91. The number of halogens is 1. The highest BCUT2D eigenvalue weighted by Crippen LogP contribution is 2.25. The molecule has 0 radical (unpaired) electrons. The second-order valence-electron chi connectivity index (χ2n) is 4.14. The van der Waals surface area contributed by atoms with E-state index in [9.17, 15) is 0 Å². The Kier molecular flexibility index (Phi) is 3.00. The van der Waals surface area contributed by atoms with Crippen LogP contribution in [0.25, 0.3) is 16.7 Å². The molecular formula is C13H11ClN6. The van der Waals surface area contributed by atoms with E-state index in [1.54, 1.807) is 12.1 Å². The number of rotatable bonds is 2. The molecule has 0 aliphatic heterocycles. The van der Waals surface area contributed by atoms with Crippen molar-refractivity contribution in [2.45, 2.75) is 0 Å². The Labute approximate surface area is 119 Å². The predicted molar refractivity (Wildman–Crippen MR) is 79.3 cm³/mol. The first-order chi connectivity index (χ1) is 9.63. The van der Waals surface area contributed by atoms with Crippen molar-refractivity contribution in [3.8, 4) is 5.82 Å². The lowest BCUT2D eigenvalue weighted by molar-refractivity contribution is 1.00. The van der Waals surface area contributed by atoms with Gasteiger partial charge in [-0.1, -0.05) is 11.6 Å². The van der Waals surface area contributed by atoms with Crippen molar-refractivity contribution >= 4 is 34.4 Å². The molecule has 4 N–H and O–H groups in total. The van der Waals surface area contributed by atoms with Crippen LogP contribution in [0.4, 0.5) is 5.95 Å². The molecule has 2 heterocycles. The largest absolute Gasteiger partial charge is 0.370 e. The quantitative estimate of drug-likeness (QED) is 0.556. The molecule has 0 aliphatic carbocycles. The van der Waals surface area contributed by atoms with Crippen LogP contribution in [0.5, 0.6) is 0 Å². The molecule has 0 saturated heterocycles. The Morgan fingerprint density at radius 3 is 2.60 bits per heavy atom. The summed E-state index contributed by atoms with van der Waals surface area (Å²) in [7, 11) is 0. The summed E-state index contributed by atoms with van der Waals surface area (Å²) in [5.74, 6) is 0.794. The highest BCUT2D eigenvalue weighted by Gasteiger charge is 2.09. The summed E-state index contributed by atoms with van der Waals surface area (Å²) in [6.45, 7) is 0. The number of benzene rings is 1. The number of aliphatic imine (C=N–C) groups is 1. The lowest BCUT2D eigenvalue weighted by Gasteiger charge is -2.08. The summed E-state index contributed by atoms with van der Waals surface area (Å²) in [4.78, 5) is 12.6. The van der Waals surface area contributed by atoms with Crippen molar-refractivity contribution in [2.75, 3.05) is 0 Å². The van der Waals surface area contributed by atoms with Crippen molar-refractivity contribution in [1.82, 2.24) is 14.5 Å². The topological polar surface area (TPSA) is 95.1 Å². The Bertz CT molecular complexity index is 790. The van der Waals surface area contributed by atoms with E-state index in [0.717, 1.165) is 5.39 Å². The molecule has 0 bridgehead atoms. The monoisotopic (exact) mass is 286 g/mol. The van der Waals surface area contributed by atoms with Gasteiger partial charge in [0.1, 0.15) is 5.82 Å². The first-order valence-corrected chi connectivity index (χ1v) is 6.21. The van der Waals surface area contributed by atoms with E-state index in [-0.39, 0.29) is 11.9 Å². The smallest absolute Gasteiger partial charge is 0.255 e. The molecule has 0 fully saturated rings. The average molecular weight is 287 g/mol. The van der Waals surface area contributed by atoms with Gasteiger partial charge >= 0.3 is 0 Å². The molecule has 6 nitrogen and oxygen atoms in total. The second-order valence-corrected chi connectivity index (χ2v) is 4.57. The molecule has 1 aromatic carbocycles. The number of guanidine groups is 1. The van der Waals surface area contributed by atoms with E-state index in [4.69, 9.17) is 23.1 Å². The fourth-order valence-corrected chi connectivity index (χ4v) is 2.08. The van der Waals surface area contributed by atoms with Gasteiger partial charge in [0, 0.05) is 22.8 Å². The van der Waals surface area contributed by atoms with Crippen LogP contribution in [0.15, 0.2) is 47.7 Å². The molecule has 7 heteroatoms. The van der Waals surface area contributed by atoms with Gasteiger partial charge in [-0.15, -0.1) is 0 Å². The lowest BCUT2D eigenvalue weighted by Crippen LogP contribution is -2.22. The van der Waals surface area contributed by atoms with E-state index in [0.29, 0.717) is 16.4 Å². The van der Waals surface area contributed by atoms with Gasteiger partial charge < -0.3 is 16.0 Å². The normalized spacial score (nSPS) is 10.7. The molecule has 0 amide bonds. The van der Waals surface area contributed by atoms with Crippen LogP contribution >= 0.6 is 11.6 Å². The predicted octanol–water partition coefficient (Wildman–Crippen LogP) is 1.98. The summed E-state index contributed by atoms with van der Waals surface area (Å²) in [5.41, 5.74) is 11.5. The molecule has 2 aromatic heterocycles. The first kappa shape index (κ1) is 12.4. The van der Waals surface area contributed by atoms with Crippen LogP contribution in [0.1, 0.15) is 0 Å². The van der Waals surface area contributed by atoms with Gasteiger partial charge in [-0.25, -0.2) is 4.98 Å². The highest BCUT2D eigenvalue weighted by molar-refractivity contribution is 6.31. The minimum Gasteiger partial charge on any atom is -0.370 e. The Balaban J connectivity index is 2.33. The zero-order chi connectivity index (χ0) is 14.1. The summed E-state index contributed by atoms with van der Waals surface area (Å²) in [6.07, 6.45) is 3.75. The third-order valence-corrected chi connectivity index (χ3v) is 2.94.